The molecular weight excluding hydrogens is 230 g/mol. The molecule has 1 N–H and O–H groups in total. The number of rotatable bonds is 2. The molecule has 0 radical (unpaired) electrons. The molecule has 5 heteroatoms. The Morgan fingerprint density at radius 1 is 1.33 bits per heavy atom. The fourth-order valence-corrected chi connectivity index (χ4v) is 3.19. The Kier molecular flexibility index (Phi) is 2.70. The lowest BCUT2D eigenvalue weighted by Crippen LogP contribution is -2.26. The molecule has 1 aromatic rings. The van der Waals surface area contributed by atoms with Crippen molar-refractivity contribution in [3.8, 4) is 0 Å². The number of para-hydroxylation sites is 1. The Labute approximate surface area is 106 Å². The maximum absolute atomic E-state index is 11.2. The van der Waals surface area contributed by atoms with E-state index in [-0.39, 0.29) is 10.6 Å². The largest absolute Gasteiger partial charge is 0.365 e. The van der Waals surface area contributed by atoms with Gasteiger partial charge in [-0.25, -0.2) is 0 Å². The zero-order valence-corrected chi connectivity index (χ0v) is 10.4. The molecule has 0 amide bonds. The monoisotopic (exact) mass is 247 g/mol. The summed E-state index contributed by atoms with van der Waals surface area (Å²) in [5, 5.41) is 14.6. The number of hydrogen-bond acceptors (Lipinski definition) is 4. The molecular formula is C13H17N3O2. The molecule has 0 aliphatic carbocycles. The van der Waals surface area contributed by atoms with Crippen LogP contribution in [0, 0.1) is 28.9 Å². The van der Waals surface area contributed by atoms with Gasteiger partial charge in [0.15, 0.2) is 0 Å². The third-order valence-corrected chi connectivity index (χ3v) is 4.13. The predicted molar refractivity (Wildman–Crippen MR) is 69.9 cm³/mol. The highest BCUT2D eigenvalue weighted by Gasteiger charge is 2.38. The highest BCUT2D eigenvalue weighted by molar-refractivity contribution is 5.67. The molecule has 5 nitrogen and oxygen atoms in total. The van der Waals surface area contributed by atoms with Crippen LogP contribution in [0.2, 0.25) is 0 Å². The van der Waals surface area contributed by atoms with Crippen LogP contribution in [0.3, 0.4) is 0 Å². The second-order valence-corrected chi connectivity index (χ2v) is 5.28. The number of hydrogen-bond donors (Lipinski definition) is 1. The molecule has 1 aromatic carbocycles. The highest BCUT2D eigenvalue weighted by atomic mass is 16.6. The van der Waals surface area contributed by atoms with Crippen LogP contribution >= 0.6 is 0 Å². The fourth-order valence-electron chi connectivity index (χ4n) is 3.19. The number of aryl methyl sites for hydroxylation is 1. The van der Waals surface area contributed by atoms with Gasteiger partial charge in [0, 0.05) is 31.7 Å². The maximum Gasteiger partial charge on any atom is 0.295 e. The summed E-state index contributed by atoms with van der Waals surface area (Å²) in [6.07, 6.45) is 0. The van der Waals surface area contributed by atoms with Crippen LogP contribution < -0.4 is 10.2 Å². The Balaban J connectivity index is 1.93. The number of benzene rings is 1. The summed E-state index contributed by atoms with van der Waals surface area (Å²) in [5.41, 5.74) is 1.80. The third-order valence-electron chi connectivity index (χ3n) is 4.13. The minimum absolute atomic E-state index is 0.253. The summed E-state index contributed by atoms with van der Waals surface area (Å²) in [4.78, 5) is 13.1. The van der Waals surface area contributed by atoms with Crippen molar-refractivity contribution in [1.82, 2.24) is 5.32 Å². The van der Waals surface area contributed by atoms with Crippen molar-refractivity contribution in [3.05, 3.63) is 33.9 Å². The van der Waals surface area contributed by atoms with E-state index in [0.29, 0.717) is 11.8 Å². The maximum atomic E-state index is 11.2. The van der Waals surface area contributed by atoms with Crippen LogP contribution in [-0.4, -0.2) is 31.1 Å². The molecule has 3 rings (SSSR count). The minimum atomic E-state index is -0.253. The molecule has 0 bridgehead atoms. The Morgan fingerprint density at radius 3 is 2.61 bits per heavy atom. The van der Waals surface area contributed by atoms with E-state index in [1.165, 1.54) is 0 Å². The zero-order valence-electron chi connectivity index (χ0n) is 10.4. The van der Waals surface area contributed by atoms with Gasteiger partial charge in [-0.3, -0.25) is 10.1 Å². The van der Waals surface area contributed by atoms with Crippen molar-refractivity contribution in [3.63, 3.8) is 0 Å². The first kappa shape index (κ1) is 11.5. The number of nitrogens with zero attached hydrogens (tertiary/aromatic N) is 2. The summed E-state index contributed by atoms with van der Waals surface area (Å²) in [6, 6.07) is 5.59. The quantitative estimate of drug-likeness (QED) is 0.636. The molecule has 0 aromatic heterocycles. The lowest BCUT2D eigenvalue weighted by Gasteiger charge is -2.20. The van der Waals surface area contributed by atoms with Crippen molar-refractivity contribution < 1.29 is 4.92 Å². The summed E-state index contributed by atoms with van der Waals surface area (Å²) in [6.45, 7) is 5.76. The number of nitrogens with one attached hydrogen (secondary N) is 1. The predicted octanol–water partition coefficient (Wildman–Crippen LogP) is 1.56. The number of nitro benzene ring substituents is 1. The number of fused-ring (bicyclic) bond motifs is 1. The molecule has 2 aliphatic heterocycles. The smallest absolute Gasteiger partial charge is 0.295 e. The van der Waals surface area contributed by atoms with Gasteiger partial charge >= 0.3 is 0 Å². The van der Waals surface area contributed by atoms with Crippen molar-refractivity contribution in [2.24, 2.45) is 11.8 Å². The Morgan fingerprint density at radius 2 is 2.00 bits per heavy atom. The second kappa shape index (κ2) is 4.24. The highest BCUT2D eigenvalue weighted by Crippen LogP contribution is 2.37. The average Bonchev–Trinajstić information content (AvgIpc) is 2.87. The standard InChI is InChI=1S/C13H17N3O2/c1-9-3-2-4-12(13(9)16(17)18)15-7-10-5-14-6-11(10)8-15/h2-4,10-11,14H,5-8H2,1H3. The van der Waals surface area contributed by atoms with Gasteiger partial charge in [0.05, 0.1) is 4.92 Å². The molecule has 18 heavy (non-hydrogen) atoms. The van der Waals surface area contributed by atoms with Gasteiger partial charge in [-0.2, -0.15) is 0 Å². The van der Waals surface area contributed by atoms with Gasteiger partial charge in [0.2, 0.25) is 0 Å². The molecule has 2 atom stereocenters. The molecule has 2 saturated heterocycles. The van der Waals surface area contributed by atoms with Crippen LogP contribution in [0.1, 0.15) is 5.56 Å². The average molecular weight is 247 g/mol. The van der Waals surface area contributed by atoms with E-state index < -0.39 is 0 Å². The SMILES string of the molecule is Cc1cccc(N2CC3CNCC3C2)c1[N+](=O)[O-]. The molecule has 0 saturated carbocycles. The van der Waals surface area contributed by atoms with E-state index in [1.807, 2.05) is 12.1 Å². The lowest BCUT2D eigenvalue weighted by molar-refractivity contribution is -0.384. The van der Waals surface area contributed by atoms with Crippen molar-refractivity contribution in [2.75, 3.05) is 31.1 Å². The van der Waals surface area contributed by atoms with E-state index in [4.69, 9.17) is 0 Å². The summed E-state index contributed by atoms with van der Waals surface area (Å²) in [7, 11) is 0. The first-order chi connectivity index (χ1) is 8.66. The van der Waals surface area contributed by atoms with E-state index in [0.717, 1.165) is 37.4 Å². The van der Waals surface area contributed by atoms with Crippen molar-refractivity contribution in [2.45, 2.75) is 6.92 Å². The zero-order chi connectivity index (χ0) is 12.7. The van der Waals surface area contributed by atoms with Gasteiger partial charge in [-0.1, -0.05) is 12.1 Å². The summed E-state index contributed by atoms with van der Waals surface area (Å²) < 4.78 is 0. The Bertz CT molecular complexity index is 477. The van der Waals surface area contributed by atoms with Crippen LogP contribution in [0.15, 0.2) is 18.2 Å². The van der Waals surface area contributed by atoms with Crippen molar-refractivity contribution in [1.29, 1.82) is 0 Å². The van der Waals surface area contributed by atoms with Gasteiger partial charge in [-0.15, -0.1) is 0 Å². The first-order valence-electron chi connectivity index (χ1n) is 6.36. The molecule has 0 spiro atoms. The van der Waals surface area contributed by atoms with Gasteiger partial charge < -0.3 is 10.2 Å². The first-order valence-corrected chi connectivity index (χ1v) is 6.36. The second-order valence-electron chi connectivity index (χ2n) is 5.28. The fraction of sp³-hybridized carbons (Fsp3) is 0.538. The van der Waals surface area contributed by atoms with Crippen LogP contribution in [0.5, 0.6) is 0 Å². The van der Waals surface area contributed by atoms with Gasteiger partial charge in [0.25, 0.3) is 5.69 Å². The third kappa shape index (κ3) is 1.75. The molecule has 2 aliphatic rings. The molecule has 2 heterocycles. The minimum Gasteiger partial charge on any atom is -0.365 e. The van der Waals surface area contributed by atoms with E-state index in [9.17, 15) is 10.1 Å². The Hall–Kier alpha value is -1.62. The van der Waals surface area contributed by atoms with E-state index in [1.54, 1.807) is 13.0 Å². The molecule has 96 valence electrons. The normalized spacial score (nSPS) is 26.4. The number of anilines is 1. The number of nitro groups is 1. The molecule has 2 fully saturated rings. The van der Waals surface area contributed by atoms with Crippen LogP contribution in [0.4, 0.5) is 11.4 Å². The summed E-state index contributed by atoms with van der Waals surface area (Å²) >= 11 is 0. The summed E-state index contributed by atoms with van der Waals surface area (Å²) in [5.74, 6) is 1.29. The van der Waals surface area contributed by atoms with Gasteiger partial charge in [-0.05, 0) is 24.8 Å². The lowest BCUT2D eigenvalue weighted by atomic mass is 10.0. The van der Waals surface area contributed by atoms with Crippen molar-refractivity contribution >= 4 is 11.4 Å². The van der Waals surface area contributed by atoms with Crippen LogP contribution in [0.25, 0.3) is 0 Å². The topological polar surface area (TPSA) is 58.4 Å². The van der Waals surface area contributed by atoms with E-state index >= 15 is 0 Å². The molecule has 2 unspecified atom stereocenters. The van der Waals surface area contributed by atoms with Gasteiger partial charge in [0.1, 0.15) is 5.69 Å². The van der Waals surface area contributed by atoms with Crippen LogP contribution in [-0.2, 0) is 0 Å². The van der Waals surface area contributed by atoms with E-state index in [2.05, 4.69) is 10.2 Å².